The van der Waals surface area contributed by atoms with Crippen LogP contribution in [0.3, 0.4) is 0 Å². The average Bonchev–Trinajstić information content (AvgIpc) is 2.39. The zero-order chi connectivity index (χ0) is 10.0. The van der Waals surface area contributed by atoms with Crippen molar-refractivity contribution in [3.63, 3.8) is 0 Å². The smallest absolute Gasteiger partial charge is 0.236 e. The zero-order valence-electron chi connectivity index (χ0n) is 8.94. The first-order chi connectivity index (χ1) is 6.72. The van der Waals surface area contributed by atoms with Crippen LogP contribution in [0.4, 0.5) is 0 Å². The van der Waals surface area contributed by atoms with Crippen molar-refractivity contribution in [1.82, 2.24) is 10.6 Å². The number of nitrogens with one attached hydrogen (secondary N) is 2. The summed E-state index contributed by atoms with van der Waals surface area (Å²) in [5.74, 6) is 0.153. The van der Waals surface area contributed by atoms with E-state index >= 15 is 0 Å². The molecule has 0 radical (unpaired) electrons. The van der Waals surface area contributed by atoms with Gasteiger partial charge in [0, 0.05) is 12.1 Å². The molecule has 2 fully saturated rings. The highest BCUT2D eigenvalue weighted by atomic mass is 16.2. The van der Waals surface area contributed by atoms with Gasteiger partial charge in [-0.2, -0.15) is 0 Å². The third kappa shape index (κ3) is 1.92. The fourth-order valence-corrected chi connectivity index (χ4v) is 2.71. The molecule has 80 valence electrons. The van der Waals surface area contributed by atoms with E-state index in [1.165, 1.54) is 38.5 Å². The van der Waals surface area contributed by atoms with Crippen LogP contribution in [0.2, 0.25) is 0 Å². The van der Waals surface area contributed by atoms with E-state index in [0.717, 1.165) is 6.54 Å². The minimum atomic E-state index is -0.0122. The van der Waals surface area contributed by atoms with Gasteiger partial charge < -0.3 is 5.32 Å². The standard InChI is InChI=1S/C11H20N2O/c1-9-10(14)12-8-11(13-9)6-4-2-3-5-7-11/h9,13H,2-8H2,1H3,(H,12,14). The first-order valence-electron chi connectivity index (χ1n) is 5.77. The second kappa shape index (κ2) is 3.89. The Bertz CT molecular complexity index is 219. The van der Waals surface area contributed by atoms with E-state index < -0.39 is 0 Å². The van der Waals surface area contributed by atoms with Crippen molar-refractivity contribution in [2.75, 3.05) is 6.54 Å². The monoisotopic (exact) mass is 196 g/mol. The van der Waals surface area contributed by atoms with Gasteiger partial charge in [0.05, 0.1) is 6.04 Å². The molecule has 0 aromatic rings. The molecule has 1 aliphatic heterocycles. The summed E-state index contributed by atoms with van der Waals surface area (Å²) in [6, 6.07) is -0.0122. The van der Waals surface area contributed by atoms with Gasteiger partial charge in [-0.15, -0.1) is 0 Å². The first kappa shape index (κ1) is 9.97. The molecule has 2 rings (SSSR count). The summed E-state index contributed by atoms with van der Waals surface area (Å²) in [7, 11) is 0. The summed E-state index contributed by atoms with van der Waals surface area (Å²) < 4.78 is 0. The number of amides is 1. The molecule has 1 aliphatic carbocycles. The van der Waals surface area contributed by atoms with Gasteiger partial charge >= 0.3 is 0 Å². The van der Waals surface area contributed by atoms with Crippen LogP contribution in [-0.4, -0.2) is 24.0 Å². The summed E-state index contributed by atoms with van der Waals surface area (Å²) >= 11 is 0. The van der Waals surface area contributed by atoms with Gasteiger partial charge in [-0.1, -0.05) is 25.7 Å². The maximum absolute atomic E-state index is 11.3. The molecule has 3 nitrogen and oxygen atoms in total. The van der Waals surface area contributed by atoms with E-state index in [1.54, 1.807) is 0 Å². The Kier molecular flexibility index (Phi) is 2.77. The molecule has 1 spiro atoms. The Labute approximate surface area is 85.6 Å². The first-order valence-corrected chi connectivity index (χ1v) is 5.77. The van der Waals surface area contributed by atoms with E-state index in [-0.39, 0.29) is 17.5 Å². The second-order valence-corrected chi connectivity index (χ2v) is 4.78. The van der Waals surface area contributed by atoms with Gasteiger partial charge in [-0.3, -0.25) is 10.1 Å². The van der Waals surface area contributed by atoms with Crippen molar-refractivity contribution in [3.05, 3.63) is 0 Å². The summed E-state index contributed by atoms with van der Waals surface area (Å²) in [4.78, 5) is 11.3. The molecule has 2 N–H and O–H groups in total. The summed E-state index contributed by atoms with van der Waals surface area (Å²) in [5, 5.41) is 6.53. The van der Waals surface area contributed by atoms with Crippen molar-refractivity contribution in [2.45, 2.75) is 57.0 Å². The number of hydrogen-bond donors (Lipinski definition) is 2. The zero-order valence-corrected chi connectivity index (χ0v) is 8.94. The maximum Gasteiger partial charge on any atom is 0.236 e. The molecule has 0 bridgehead atoms. The topological polar surface area (TPSA) is 41.1 Å². The Balaban J connectivity index is 2.03. The fourth-order valence-electron chi connectivity index (χ4n) is 2.71. The molecule has 14 heavy (non-hydrogen) atoms. The molecule has 1 heterocycles. The third-order valence-corrected chi connectivity index (χ3v) is 3.58. The lowest BCUT2D eigenvalue weighted by Gasteiger charge is -2.40. The van der Waals surface area contributed by atoms with Crippen molar-refractivity contribution >= 4 is 5.91 Å². The van der Waals surface area contributed by atoms with E-state index in [9.17, 15) is 4.79 Å². The van der Waals surface area contributed by atoms with E-state index in [2.05, 4.69) is 10.6 Å². The van der Waals surface area contributed by atoms with Crippen LogP contribution in [0.25, 0.3) is 0 Å². The number of carbonyl (C=O) groups is 1. The highest BCUT2D eigenvalue weighted by Gasteiger charge is 2.37. The number of carbonyl (C=O) groups excluding carboxylic acids is 1. The second-order valence-electron chi connectivity index (χ2n) is 4.78. The molecule has 1 unspecified atom stereocenters. The van der Waals surface area contributed by atoms with Crippen LogP contribution in [0.1, 0.15) is 45.4 Å². The minimum absolute atomic E-state index is 0.0122. The highest BCUT2D eigenvalue weighted by Crippen LogP contribution is 2.28. The Morgan fingerprint density at radius 1 is 1.21 bits per heavy atom. The molecule has 0 aromatic heterocycles. The predicted molar refractivity (Wildman–Crippen MR) is 56.0 cm³/mol. The molecule has 1 amide bonds. The summed E-state index contributed by atoms with van der Waals surface area (Å²) in [5.41, 5.74) is 0.212. The largest absolute Gasteiger partial charge is 0.353 e. The van der Waals surface area contributed by atoms with Crippen LogP contribution in [-0.2, 0) is 4.79 Å². The molecular weight excluding hydrogens is 176 g/mol. The predicted octanol–water partition coefficient (Wildman–Crippen LogP) is 1.19. The molecular formula is C11H20N2O. The molecule has 3 heteroatoms. The van der Waals surface area contributed by atoms with Crippen LogP contribution in [0.5, 0.6) is 0 Å². The number of piperazine rings is 1. The number of hydrogen-bond acceptors (Lipinski definition) is 2. The van der Waals surface area contributed by atoms with Crippen LogP contribution >= 0.6 is 0 Å². The molecule has 1 saturated heterocycles. The Morgan fingerprint density at radius 3 is 2.43 bits per heavy atom. The quantitative estimate of drug-likeness (QED) is 0.611. The SMILES string of the molecule is CC1NC2(CCCCCC2)CNC1=O. The molecule has 1 atom stereocenters. The summed E-state index contributed by atoms with van der Waals surface area (Å²) in [6.07, 6.45) is 7.75. The Morgan fingerprint density at radius 2 is 1.86 bits per heavy atom. The van der Waals surface area contributed by atoms with Gasteiger partial charge in [0.15, 0.2) is 0 Å². The summed E-state index contributed by atoms with van der Waals surface area (Å²) in [6.45, 7) is 2.79. The Hall–Kier alpha value is -0.570. The van der Waals surface area contributed by atoms with Gasteiger partial charge in [0.1, 0.15) is 0 Å². The maximum atomic E-state index is 11.3. The van der Waals surface area contributed by atoms with Crippen molar-refractivity contribution < 1.29 is 4.79 Å². The fraction of sp³-hybridized carbons (Fsp3) is 0.909. The molecule has 0 aromatic carbocycles. The van der Waals surface area contributed by atoms with Crippen molar-refractivity contribution in [2.24, 2.45) is 0 Å². The lowest BCUT2D eigenvalue weighted by Crippen LogP contribution is -2.65. The van der Waals surface area contributed by atoms with E-state index in [0.29, 0.717) is 0 Å². The lowest BCUT2D eigenvalue weighted by molar-refractivity contribution is -0.125. The normalized spacial score (nSPS) is 32.4. The molecule has 2 aliphatic rings. The van der Waals surface area contributed by atoms with Gasteiger partial charge in [-0.05, 0) is 19.8 Å². The average molecular weight is 196 g/mol. The van der Waals surface area contributed by atoms with Crippen LogP contribution in [0, 0.1) is 0 Å². The lowest BCUT2D eigenvalue weighted by atomic mass is 9.87. The third-order valence-electron chi connectivity index (χ3n) is 3.58. The van der Waals surface area contributed by atoms with E-state index in [1.807, 2.05) is 6.92 Å². The van der Waals surface area contributed by atoms with Crippen molar-refractivity contribution in [3.8, 4) is 0 Å². The number of rotatable bonds is 0. The van der Waals surface area contributed by atoms with Gasteiger partial charge in [-0.25, -0.2) is 0 Å². The van der Waals surface area contributed by atoms with Gasteiger partial charge in [0.2, 0.25) is 5.91 Å². The molecule has 1 saturated carbocycles. The van der Waals surface area contributed by atoms with Crippen LogP contribution < -0.4 is 10.6 Å². The van der Waals surface area contributed by atoms with Crippen molar-refractivity contribution in [1.29, 1.82) is 0 Å². The van der Waals surface area contributed by atoms with Crippen LogP contribution in [0.15, 0.2) is 0 Å². The minimum Gasteiger partial charge on any atom is -0.353 e. The van der Waals surface area contributed by atoms with E-state index in [4.69, 9.17) is 0 Å². The highest BCUT2D eigenvalue weighted by molar-refractivity contribution is 5.82. The van der Waals surface area contributed by atoms with Gasteiger partial charge in [0.25, 0.3) is 0 Å².